The van der Waals surface area contributed by atoms with Crippen LogP contribution in [0.5, 0.6) is 0 Å². The van der Waals surface area contributed by atoms with Crippen molar-refractivity contribution in [3.05, 3.63) is 45.6 Å². The summed E-state index contributed by atoms with van der Waals surface area (Å²) in [4.78, 5) is 30.4. The summed E-state index contributed by atoms with van der Waals surface area (Å²) < 4.78 is 14.3. The van der Waals surface area contributed by atoms with Gasteiger partial charge in [0.05, 0.1) is 22.7 Å². The summed E-state index contributed by atoms with van der Waals surface area (Å²) in [6.45, 7) is 4.98. The summed E-state index contributed by atoms with van der Waals surface area (Å²) in [5.74, 6) is -1.12. The maximum Gasteiger partial charge on any atom is 0.278 e. The van der Waals surface area contributed by atoms with E-state index in [0.29, 0.717) is 34.7 Å². The van der Waals surface area contributed by atoms with Crippen molar-refractivity contribution in [2.45, 2.75) is 46.1 Å². The van der Waals surface area contributed by atoms with E-state index in [9.17, 15) is 19.1 Å². The van der Waals surface area contributed by atoms with E-state index in [4.69, 9.17) is 9.94 Å². The third-order valence-corrected chi connectivity index (χ3v) is 5.53. The van der Waals surface area contributed by atoms with Crippen LogP contribution >= 0.6 is 11.3 Å². The Morgan fingerprint density at radius 2 is 2.07 bits per heavy atom. The predicted octanol–water partition coefficient (Wildman–Crippen LogP) is 3.50. The van der Waals surface area contributed by atoms with E-state index in [1.807, 2.05) is 13.8 Å². The van der Waals surface area contributed by atoms with Crippen LogP contribution in [0.1, 0.15) is 57.8 Å². The Labute approximate surface area is 178 Å². The van der Waals surface area contributed by atoms with Gasteiger partial charge in [-0.2, -0.15) is 0 Å². The Balaban J connectivity index is 0.00000155. The Hall–Kier alpha value is -2.33. The number of anilines is 2. The van der Waals surface area contributed by atoms with E-state index >= 15 is 0 Å². The van der Waals surface area contributed by atoms with Crippen LogP contribution in [-0.2, 0) is 11.3 Å². The molecule has 30 heavy (non-hydrogen) atoms. The molecular weight excluding hydrogens is 411 g/mol. The molecule has 3 rings (SSSR count). The molecule has 0 saturated heterocycles. The molecule has 0 aliphatic heterocycles. The van der Waals surface area contributed by atoms with Crippen molar-refractivity contribution in [3.8, 4) is 0 Å². The third-order valence-electron chi connectivity index (χ3n) is 4.34. The number of aryl methyl sites for hydroxylation is 1. The van der Waals surface area contributed by atoms with Gasteiger partial charge >= 0.3 is 0 Å². The molecular formula is C21H27FN2O5S. The quantitative estimate of drug-likeness (QED) is 0.493. The molecule has 4 N–H and O–H groups in total. The summed E-state index contributed by atoms with van der Waals surface area (Å²) in [7, 11) is 0. The van der Waals surface area contributed by atoms with E-state index in [1.54, 1.807) is 19.1 Å². The topological polar surface area (TPSA) is 108 Å². The Morgan fingerprint density at radius 3 is 2.73 bits per heavy atom. The van der Waals surface area contributed by atoms with E-state index in [-0.39, 0.29) is 23.6 Å². The third kappa shape index (κ3) is 5.63. The van der Waals surface area contributed by atoms with Crippen molar-refractivity contribution >= 4 is 33.7 Å². The first-order valence-electron chi connectivity index (χ1n) is 9.83. The fourth-order valence-electron chi connectivity index (χ4n) is 2.95. The van der Waals surface area contributed by atoms with Crippen molar-refractivity contribution in [2.24, 2.45) is 0 Å². The number of hydroxylamine groups is 1. The second-order valence-electron chi connectivity index (χ2n) is 6.58. The van der Waals surface area contributed by atoms with Crippen LogP contribution in [-0.4, -0.2) is 41.2 Å². The zero-order valence-corrected chi connectivity index (χ0v) is 18.1. The van der Waals surface area contributed by atoms with E-state index < -0.39 is 24.4 Å². The molecule has 0 spiro atoms. The first-order valence-corrected chi connectivity index (χ1v) is 10.7. The molecule has 164 valence electrons. The van der Waals surface area contributed by atoms with Crippen LogP contribution in [0.2, 0.25) is 0 Å². The maximum absolute atomic E-state index is 14.3. The largest absolute Gasteiger partial charge is 0.394 e. The molecule has 0 fully saturated rings. The zero-order chi connectivity index (χ0) is 22.3. The normalized spacial score (nSPS) is 13.7. The number of carbonyl (C=O) groups is 2. The lowest BCUT2D eigenvalue weighted by atomic mass is 9.94. The highest BCUT2D eigenvalue weighted by molar-refractivity contribution is 7.18. The van der Waals surface area contributed by atoms with Gasteiger partial charge in [0.15, 0.2) is 5.78 Å². The lowest BCUT2D eigenvalue weighted by Crippen LogP contribution is -2.30. The molecule has 0 saturated carbocycles. The highest BCUT2D eigenvalue weighted by Gasteiger charge is 2.30. The van der Waals surface area contributed by atoms with Crippen molar-refractivity contribution in [2.75, 3.05) is 18.5 Å². The summed E-state index contributed by atoms with van der Waals surface area (Å²) in [5.41, 5.74) is 4.01. The van der Waals surface area contributed by atoms with E-state index in [2.05, 4.69) is 10.8 Å². The summed E-state index contributed by atoms with van der Waals surface area (Å²) >= 11 is 1.12. The van der Waals surface area contributed by atoms with Crippen molar-refractivity contribution in [3.63, 3.8) is 0 Å². The first-order chi connectivity index (χ1) is 14.4. The lowest BCUT2D eigenvalue weighted by molar-refractivity contribution is -0.0295. The van der Waals surface area contributed by atoms with Crippen LogP contribution in [0, 0.1) is 12.7 Å². The number of hydrogen-bond donors (Lipinski definition) is 4. The van der Waals surface area contributed by atoms with Gasteiger partial charge in [0.25, 0.3) is 5.91 Å². The van der Waals surface area contributed by atoms with Gasteiger partial charge in [-0.25, -0.2) is 9.87 Å². The number of nitrogens with one attached hydrogen (secondary N) is 2. The molecule has 1 aromatic carbocycles. The molecule has 1 atom stereocenters. The second kappa shape index (κ2) is 11.2. The van der Waals surface area contributed by atoms with Gasteiger partial charge in [-0.05, 0) is 43.0 Å². The number of rotatable bonds is 7. The fourth-order valence-corrected chi connectivity index (χ4v) is 4.17. The lowest BCUT2D eigenvalue weighted by Gasteiger charge is -2.14. The SMILES string of the molecule is CC.Cc1ccc(Nc2sc3c(c2C(=O)NOCC(O)CO)CCCC3=O)c(F)c1. The van der Waals surface area contributed by atoms with Crippen molar-refractivity contribution < 1.29 is 29.0 Å². The van der Waals surface area contributed by atoms with Crippen LogP contribution in [0.15, 0.2) is 18.2 Å². The van der Waals surface area contributed by atoms with Gasteiger partial charge in [0.2, 0.25) is 0 Å². The van der Waals surface area contributed by atoms with E-state index in [0.717, 1.165) is 16.9 Å². The maximum atomic E-state index is 14.3. The number of thiophene rings is 1. The minimum absolute atomic E-state index is 0.0469. The number of carbonyl (C=O) groups excluding carboxylic acids is 2. The molecule has 9 heteroatoms. The molecule has 1 unspecified atom stereocenters. The predicted molar refractivity (Wildman–Crippen MR) is 114 cm³/mol. The molecule has 0 bridgehead atoms. The summed E-state index contributed by atoms with van der Waals surface area (Å²) in [5, 5.41) is 21.4. The first kappa shape index (κ1) is 23.9. The van der Waals surface area contributed by atoms with Crippen molar-refractivity contribution in [1.29, 1.82) is 0 Å². The summed E-state index contributed by atoms with van der Waals surface area (Å²) in [6, 6.07) is 4.68. The number of aliphatic hydroxyl groups is 2. The minimum atomic E-state index is -1.13. The number of benzene rings is 1. The molecule has 1 amide bonds. The standard InChI is InChI=1S/C19H21FN2O5S.C2H6/c1-10-5-6-14(13(20)7-10)21-19-16(18(26)22-27-9-11(24)8-23)12-3-2-4-15(25)17(12)28-19;1-2/h5-7,11,21,23-24H,2-4,8-9H2,1H3,(H,22,26);1-2H3. The number of halogens is 1. The smallest absolute Gasteiger partial charge is 0.278 e. The molecule has 0 radical (unpaired) electrons. The van der Waals surface area contributed by atoms with Crippen LogP contribution in [0.3, 0.4) is 0 Å². The molecule has 1 aliphatic carbocycles. The minimum Gasteiger partial charge on any atom is -0.394 e. The van der Waals surface area contributed by atoms with Crippen LogP contribution < -0.4 is 10.8 Å². The van der Waals surface area contributed by atoms with Gasteiger partial charge in [-0.15, -0.1) is 11.3 Å². The van der Waals surface area contributed by atoms with E-state index in [1.165, 1.54) is 6.07 Å². The van der Waals surface area contributed by atoms with Crippen LogP contribution in [0.25, 0.3) is 0 Å². The van der Waals surface area contributed by atoms with Crippen LogP contribution in [0.4, 0.5) is 15.1 Å². The fraction of sp³-hybridized carbons (Fsp3) is 0.429. The van der Waals surface area contributed by atoms with Gasteiger partial charge in [0, 0.05) is 6.42 Å². The highest BCUT2D eigenvalue weighted by Crippen LogP contribution is 2.39. The Kier molecular flexibility index (Phi) is 8.91. The van der Waals surface area contributed by atoms with Gasteiger partial charge in [0.1, 0.15) is 23.5 Å². The van der Waals surface area contributed by atoms with Gasteiger partial charge < -0.3 is 15.5 Å². The molecule has 1 heterocycles. The number of aliphatic hydroxyl groups excluding tert-OH is 2. The van der Waals surface area contributed by atoms with Gasteiger partial charge in [-0.3, -0.25) is 14.4 Å². The second-order valence-corrected chi connectivity index (χ2v) is 7.60. The number of fused-ring (bicyclic) bond motifs is 1. The number of Topliss-reactive ketones (excluding diaryl/α,β-unsaturated/α-hetero) is 1. The monoisotopic (exact) mass is 438 g/mol. The number of ketones is 1. The number of amides is 1. The molecule has 7 nitrogen and oxygen atoms in total. The molecule has 1 aromatic heterocycles. The average Bonchev–Trinajstić information content (AvgIpc) is 3.11. The Morgan fingerprint density at radius 1 is 1.33 bits per heavy atom. The van der Waals surface area contributed by atoms with Gasteiger partial charge in [-0.1, -0.05) is 19.9 Å². The molecule has 2 aromatic rings. The highest BCUT2D eigenvalue weighted by atomic mass is 32.1. The van der Waals surface area contributed by atoms with Crippen molar-refractivity contribution in [1.82, 2.24) is 5.48 Å². The average molecular weight is 439 g/mol. The zero-order valence-electron chi connectivity index (χ0n) is 17.3. The number of hydrogen-bond acceptors (Lipinski definition) is 7. The Bertz CT molecular complexity index is 900. The molecule has 1 aliphatic rings. The summed E-state index contributed by atoms with van der Waals surface area (Å²) in [6.07, 6.45) is 0.465.